The Hall–Kier alpha value is -2.04. The number of nitrogen functional groups attached to an aromatic ring is 1. The van der Waals surface area contributed by atoms with Gasteiger partial charge in [0.1, 0.15) is 0 Å². The molecule has 0 bridgehead atoms. The van der Waals surface area contributed by atoms with Crippen LogP contribution in [-0.2, 0) is 6.54 Å². The summed E-state index contributed by atoms with van der Waals surface area (Å²) in [4.78, 5) is 16.9. The van der Waals surface area contributed by atoms with Gasteiger partial charge in [-0.15, -0.1) is 12.4 Å². The number of amides is 1. The number of nitrogens with zero attached hydrogens (tertiary/aromatic N) is 2. The molecule has 4 nitrogen and oxygen atoms in total. The Kier molecular flexibility index (Phi) is 6.23. The summed E-state index contributed by atoms with van der Waals surface area (Å²) in [6.45, 7) is 2.88. The molecule has 1 aliphatic heterocycles. The molecular formula is C19H24ClN3O. The highest BCUT2D eigenvalue weighted by Gasteiger charge is 2.28. The summed E-state index contributed by atoms with van der Waals surface area (Å²) in [6.07, 6.45) is 1.01. The number of likely N-dealkylation sites (N-methyl/N-ethyl adjacent to an activating group) is 1. The molecule has 24 heavy (non-hydrogen) atoms. The molecule has 0 spiro atoms. The second-order valence-electron chi connectivity index (χ2n) is 6.20. The lowest BCUT2D eigenvalue weighted by molar-refractivity contribution is 0.0735. The Morgan fingerprint density at radius 3 is 2.67 bits per heavy atom. The van der Waals surface area contributed by atoms with Crippen LogP contribution in [0.2, 0.25) is 0 Å². The minimum Gasteiger partial charge on any atom is -0.399 e. The largest absolute Gasteiger partial charge is 0.399 e. The molecule has 3 rings (SSSR count). The maximum Gasteiger partial charge on any atom is 0.253 e. The van der Waals surface area contributed by atoms with Crippen molar-refractivity contribution in [2.45, 2.75) is 19.0 Å². The van der Waals surface area contributed by atoms with Crippen molar-refractivity contribution in [3.8, 4) is 0 Å². The number of hydrogen-bond acceptors (Lipinski definition) is 3. The van der Waals surface area contributed by atoms with Crippen LogP contribution in [0.5, 0.6) is 0 Å². The highest BCUT2D eigenvalue weighted by molar-refractivity contribution is 5.95. The fourth-order valence-electron chi connectivity index (χ4n) is 3.15. The Bertz CT molecular complexity index is 677. The van der Waals surface area contributed by atoms with Crippen molar-refractivity contribution in [2.75, 3.05) is 25.9 Å². The molecule has 2 N–H and O–H groups in total. The van der Waals surface area contributed by atoms with E-state index in [1.165, 1.54) is 5.56 Å². The number of rotatable bonds is 4. The summed E-state index contributed by atoms with van der Waals surface area (Å²) in [5.41, 5.74) is 8.38. The van der Waals surface area contributed by atoms with Gasteiger partial charge in [-0.1, -0.05) is 36.4 Å². The minimum atomic E-state index is 0. The fraction of sp³-hybridized carbons (Fsp3) is 0.316. The van der Waals surface area contributed by atoms with Gasteiger partial charge >= 0.3 is 0 Å². The van der Waals surface area contributed by atoms with Crippen molar-refractivity contribution in [1.82, 2.24) is 9.80 Å². The summed E-state index contributed by atoms with van der Waals surface area (Å²) < 4.78 is 0. The fourth-order valence-corrected chi connectivity index (χ4v) is 3.15. The molecule has 2 aromatic carbocycles. The van der Waals surface area contributed by atoms with E-state index in [-0.39, 0.29) is 24.4 Å². The first-order chi connectivity index (χ1) is 11.1. The molecule has 1 aliphatic rings. The zero-order valence-corrected chi connectivity index (χ0v) is 14.7. The zero-order valence-electron chi connectivity index (χ0n) is 13.9. The van der Waals surface area contributed by atoms with Crippen molar-refractivity contribution in [1.29, 1.82) is 0 Å². The third-order valence-electron chi connectivity index (χ3n) is 4.50. The molecule has 1 heterocycles. The minimum absolute atomic E-state index is 0. The Morgan fingerprint density at radius 1 is 1.21 bits per heavy atom. The molecule has 0 radical (unpaired) electrons. The smallest absolute Gasteiger partial charge is 0.253 e. The number of nitrogens with two attached hydrogens (primary N) is 1. The number of carbonyl (C=O) groups excluding carboxylic acids is 1. The maximum atomic E-state index is 12.6. The number of likely N-dealkylation sites (tertiary alicyclic amines) is 1. The van der Waals surface area contributed by atoms with Gasteiger partial charge in [-0.2, -0.15) is 0 Å². The predicted octanol–water partition coefficient (Wildman–Crippen LogP) is 3.04. The monoisotopic (exact) mass is 345 g/mol. The molecule has 0 aromatic heterocycles. The summed E-state index contributed by atoms with van der Waals surface area (Å²) in [6, 6.07) is 17.9. The van der Waals surface area contributed by atoms with Crippen LogP contribution in [0.25, 0.3) is 0 Å². The zero-order chi connectivity index (χ0) is 16.2. The molecular weight excluding hydrogens is 322 g/mol. The number of benzene rings is 2. The van der Waals surface area contributed by atoms with Crippen LogP contribution >= 0.6 is 12.4 Å². The molecule has 1 fully saturated rings. The summed E-state index contributed by atoms with van der Waals surface area (Å²) in [7, 11) is 1.89. The van der Waals surface area contributed by atoms with Crippen LogP contribution in [-0.4, -0.2) is 41.9 Å². The second-order valence-corrected chi connectivity index (χ2v) is 6.20. The molecule has 5 heteroatoms. The van der Waals surface area contributed by atoms with Gasteiger partial charge < -0.3 is 10.6 Å². The Balaban J connectivity index is 0.00000208. The molecule has 0 aliphatic carbocycles. The van der Waals surface area contributed by atoms with Crippen LogP contribution < -0.4 is 5.73 Å². The quantitative estimate of drug-likeness (QED) is 0.866. The van der Waals surface area contributed by atoms with Crippen LogP contribution in [0.4, 0.5) is 5.69 Å². The van der Waals surface area contributed by atoms with Crippen LogP contribution in [0.1, 0.15) is 22.3 Å². The average Bonchev–Trinajstić information content (AvgIpc) is 3.03. The Morgan fingerprint density at radius 2 is 1.96 bits per heavy atom. The standard InChI is InChI=1S/C19H23N3O.ClH/c1-21(19(23)16-8-5-9-17(20)12-16)18-10-11-22(14-18)13-15-6-3-2-4-7-15;/h2-9,12,18H,10-11,13-14,20H2,1H3;1H. The van der Waals surface area contributed by atoms with E-state index >= 15 is 0 Å². The first-order valence-corrected chi connectivity index (χ1v) is 8.02. The van der Waals surface area contributed by atoms with Gasteiger partial charge in [-0.3, -0.25) is 9.69 Å². The lowest BCUT2D eigenvalue weighted by Crippen LogP contribution is -2.39. The van der Waals surface area contributed by atoms with E-state index in [1.807, 2.05) is 30.1 Å². The summed E-state index contributed by atoms with van der Waals surface area (Å²) >= 11 is 0. The van der Waals surface area contributed by atoms with E-state index in [9.17, 15) is 4.79 Å². The van der Waals surface area contributed by atoms with Crippen molar-refractivity contribution in [3.05, 3.63) is 65.7 Å². The third-order valence-corrected chi connectivity index (χ3v) is 4.50. The van der Waals surface area contributed by atoms with Gasteiger partial charge in [0.15, 0.2) is 0 Å². The molecule has 2 aromatic rings. The van der Waals surface area contributed by atoms with Crippen LogP contribution in [0.3, 0.4) is 0 Å². The average molecular weight is 346 g/mol. The Labute approximate surface area is 149 Å². The topological polar surface area (TPSA) is 49.6 Å². The maximum absolute atomic E-state index is 12.6. The molecule has 1 unspecified atom stereocenters. The van der Waals surface area contributed by atoms with Gasteiger partial charge in [0, 0.05) is 44.0 Å². The van der Waals surface area contributed by atoms with Crippen LogP contribution in [0.15, 0.2) is 54.6 Å². The predicted molar refractivity (Wildman–Crippen MR) is 100 cm³/mol. The first kappa shape index (κ1) is 18.3. The van der Waals surface area contributed by atoms with Crippen molar-refractivity contribution in [3.63, 3.8) is 0 Å². The normalized spacial score (nSPS) is 17.3. The van der Waals surface area contributed by atoms with E-state index in [2.05, 4.69) is 29.2 Å². The second kappa shape index (κ2) is 8.18. The van der Waals surface area contributed by atoms with E-state index in [4.69, 9.17) is 5.73 Å². The molecule has 1 amide bonds. The van der Waals surface area contributed by atoms with Crippen molar-refractivity contribution in [2.24, 2.45) is 0 Å². The SMILES string of the molecule is CN(C(=O)c1cccc(N)c1)C1CCN(Cc2ccccc2)C1.Cl. The lowest BCUT2D eigenvalue weighted by Gasteiger charge is -2.25. The highest BCUT2D eigenvalue weighted by atomic mass is 35.5. The molecule has 1 saturated heterocycles. The first-order valence-electron chi connectivity index (χ1n) is 8.02. The number of anilines is 1. The van der Waals surface area contributed by atoms with Gasteiger partial charge in [-0.25, -0.2) is 0 Å². The summed E-state index contributed by atoms with van der Waals surface area (Å²) in [5.74, 6) is 0.0452. The number of carbonyl (C=O) groups is 1. The van der Waals surface area contributed by atoms with E-state index in [0.29, 0.717) is 11.3 Å². The van der Waals surface area contributed by atoms with Gasteiger partial charge in [0.2, 0.25) is 0 Å². The highest BCUT2D eigenvalue weighted by Crippen LogP contribution is 2.19. The van der Waals surface area contributed by atoms with E-state index in [1.54, 1.807) is 12.1 Å². The molecule has 128 valence electrons. The van der Waals surface area contributed by atoms with Gasteiger partial charge in [-0.05, 0) is 30.2 Å². The van der Waals surface area contributed by atoms with E-state index in [0.717, 1.165) is 26.1 Å². The van der Waals surface area contributed by atoms with Gasteiger partial charge in [0.25, 0.3) is 5.91 Å². The van der Waals surface area contributed by atoms with Crippen LogP contribution in [0, 0.1) is 0 Å². The lowest BCUT2D eigenvalue weighted by atomic mass is 10.1. The van der Waals surface area contributed by atoms with Crippen molar-refractivity contribution >= 4 is 24.0 Å². The number of hydrogen-bond donors (Lipinski definition) is 1. The van der Waals surface area contributed by atoms with Crippen molar-refractivity contribution < 1.29 is 4.79 Å². The third kappa shape index (κ3) is 4.28. The van der Waals surface area contributed by atoms with Gasteiger partial charge in [0.05, 0.1) is 0 Å². The number of halogens is 1. The molecule has 1 atom stereocenters. The van der Waals surface area contributed by atoms with E-state index < -0.39 is 0 Å². The summed E-state index contributed by atoms with van der Waals surface area (Å²) in [5, 5.41) is 0. The molecule has 0 saturated carbocycles.